The van der Waals surface area contributed by atoms with E-state index in [4.69, 9.17) is 18.6 Å². The van der Waals surface area contributed by atoms with Crippen LogP contribution in [0.15, 0.2) is 46.1 Å². The van der Waals surface area contributed by atoms with Crippen LogP contribution in [-0.2, 0) is 4.74 Å². The van der Waals surface area contributed by atoms with Crippen LogP contribution in [0.25, 0.3) is 38.6 Å². The Morgan fingerprint density at radius 1 is 1.00 bits per heavy atom. The number of aliphatic hydroxyl groups excluding tert-OH is 3. The van der Waals surface area contributed by atoms with Crippen molar-refractivity contribution in [3.05, 3.63) is 58.5 Å². The number of phenols is 1. The first-order chi connectivity index (χ1) is 17.2. The van der Waals surface area contributed by atoms with Gasteiger partial charge < -0.3 is 39.1 Å². The number of fused-ring (bicyclic) bond motifs is 5. The Balaban J connectivity index is 1.95. The lowest BCUT2D eigenvalue weighted by Crippen LogP contribution is -2.36. The quantitative estimate of drug-likeness (QED) is 0.244. The van der Waals surface area contributed by atoms with Crippen LogP contribution in [0, 0.1) is 0 Å². The Morgan fingerprint density at radius 3 is 2.31 bits per heavy atom. The number of methoxy groups -OCH3 is 2. The van der Waals surface area contributed by atoms with Gasteiger partial charge >= 0.3 is 5.63 Å². The van der Waals surface area contributed by atoms with Crippen molar-refractivity contribution >= 4 is 38.6 Å². The summed E-state index contributed by atoms with van der Waals surface area (Å²) in [7, 11) is 2.92. The number of hydrogen-bond acceptors (Lipinski definition) is 9. The van der Waals surface area contributed by atoms with Gasteiger partial charge in [-0.25, -0.2) is 4.79 Å². The molecule has 4 N–H and O–H groups in total. The van der Waals surface area contributed by atoms with E-state index in [9.17, 15) is 25.2 Å². The lowest BCUT2D eigenvalue weighted by molar-refractivity contribution is -0.0586. The number of ether oxygens (including phenoxy) is 3. The zero-order valence-corrected chi connectivity index (χ0v) is 19.9. The molecule has 5 rings (SSSR count). The lowest BCUT2D eigenvalue weighted by atomic mass is 9.92. The van der Waals surface area contributed by atoms with Gasteiger partial charge in [0, 0.05) is 16.2 Å². The average molecular weight is 494 g/mol. The predicted molar refractivity (Wildman–Crippen MR) is 134 cm³/mol. The number of benzene rings is 3. The molecule has 36 heavy (non-hydrogen) atoms. The molecule has 2 heterocycles. The molecule has 3 aromatic carbocycles. The molecule has 1 saturated heterocycles. The van der Waals surface area contributed by atoms with Gasteiger partial charge in [0.05, 0.1) is 31.1 Å². The van der Waals surface area contributed by atoms with Crippen molar-refractivity contribution in [3.8, 4) is 17.2 Å². The van der Waals surface area contributed by atoms with Gasteiger partial charge in [-0.15, -0.1) is 0 Å². The minimum absolute atomic E-state index is 0.115. The normalized spacial score (nSPS) is 22.8. The summed E-state index contributed by atoms with van der Waals surface area (Å²) in [6, 6.07) is 7.94. The van der Waals surface area contributed by atoms with E-state index in [0.29, 0.717) is 27.6 Å². The first-order valence-electron chi connectivity index (χ1n) is 11.3. The van der Waals surface area contributed by atoms with Gasteiger partial charge in [-0.2, -0.15) is 0 Å². The monoisotopic (exact) mass is 494 g/mol. The van der Waals surface area contributed by atoms with Gasteiger partial charge in [0.15, 0.2) is 0 Å². The van der Waals surface area contributed by atoms with Crippen LogP contribution in [0.5, 0.6) is 17.2 Å². The van der Waals surface area contributed by atoms with E-state index in [1.54, 1.807) is 24.3 Å². The second-order valence-electron chi connectivity index (χ2n) is 8.86. The third kappa shape index (κ3) is 3.43. The van der Waals surface area contributed by atoms with Gasteiger partial charge in [-0.1, -0.05) is 18.7 Å². The highest BCUT2D eigenvalue weighted by Crippen LogP contribution is 2.47. The smallest absolute Gasteiger partial charge is 0.344 e. The maximum Gasteiger partial charge on any atom is 0.344 e. The second kappa shape index (κ2) is 8.79. The number of phenolic OH excluding ortho intramolecular Hbond substituents is 1. The molecule has 0 amide bonds. The Morgan fingerprint density at radius 2 is 1.69 bits per heavy atom. The average Bonchev–Trinajstić information content (AvgIpc) is 3.17. The fourth-order valence-corrected chi connectivity index (χ4v) is 5.06. The zero-order valence-electron chi connectivity index (χ0n) is 19.9. The van der Waals surface area contributed by atoms with Crippen molar-refractivity contribution in [2.45, 2.75) is 37.4 Å². The predicted octanol–water partition coefficient (Wildman–Crippen LogP) is 3.01. The number of aromatic hydroxyl groups is 1. The topological polar surface area (TPSA) is 139 Å². The van der Waals surface area contributed by atoms with Crippen molar-refractivity contribution in [1.82, 2.24) is 0 Å². The van der Waals surface area contributed by atoms with Crippen molar-refractivity contribution in [3.63, 3.8) is 0 Å². The van der Waals surface area contributed by atoms with E-state index < -0.39 is 36.1 Å². The third-order valence-corrected chi connectivity index (χ3v) is 6.78. The molecule has 1 aromatic heterocycles. The standard InChI is InChI=1S/C27H26O9/c1-5-12-8-15-19(17(9-12)33-3)14-10-18(34-4)21-16(29)7-6-13(20(21)25(14)36-27(15)32)26-23(31)22(30)24(35-26)11(2)28/h5-11,22-24,26,28-31H,1H2,2-4H3/t11-,22-,23-,24-,26-/m1/s1. The minimum atomic E-state index is -1.39. The summed E-state index contributed by atoms with van der Waals surface area (Å²) < 4.78 is 22.9. The summed E-state index contributed by atoms with van der Waals surface area (Å²) >= 11 is 0. The Kier molecular flexibility index (Phi) is 5.88. The van der Waals surface area contributed by atoms with Gasteiger partial charge in [0.1, 0.15) is 47.2 Å². The van der Waals surface area contributed by atoms with Gasteiger partial charge in [0.2, 0.25) is 0 Å². The lowest BCUT2D eigenvalue weighted by Gasteiger charge is -2.20. The first-order valence-corrected chi connectivity index (χ1v) is 11.3. The Labute approximate surface area is 205 Å². The van der Waals surface area contributed by atoms with E-state index in [1.165, 1.54) is 33.3 Å². The molecule has 0 bridgehead atoms. The minimum Gasteiger partial charge on any atom is -0.507 e. The number of aliphatic hydroxyl groups is 3. The van der Waals surface area contributed by atoms with E-state index in [1.807, 2.05) is 0 Å². The van der Waals surface area contributed by atoms with E-state index >= 15 is 0 Å². The van der Waals surface area contributed by atoms with Crippen LogP contribution in [0.2, 0.25) is 0 Å². The van der Waals surface area contributed by atoms with Crippen LogP contribution >= 0.6 is 0 Å². The second-order valence-corrected chi connectivity index (χ2v) is 8.86. The molecule has 5 atom stereocenters. The van der Waals surface area contributed by atoms with Crippen LogP contribution in [-0.4, -0.2) is 59.1 Å². The maximum atomic E-state index is 13.2. The van der Waals surface area contributed by atoms with Crippen molar-refractivity contribution in [2.24, 2.45) is 0 Å². The van der Waals surface area contributed by atoms with Gasteiger partial charge in [0.25, 0.3) is 0 Å². The highest BCUT2D eigenvalue weighted by atomic mass is 16.6. The fourth-order valence-electron chi connectivity index (χ4n) is 5.06. The van der Waals surface area contributed by atoms with Gasteiger partial charge in [-0.3, -0.25) is 0 Å². The SMILES string of the molecule is C=Cc1cc(OC)c2c(c1)c(=O)oc1c2cc(OC)c2c(O)ccc([C@H]3O[C@H]([C@@H](C)O)[C@H](O)[C@H]3O)c21. The van der Waals surface area contributed by atoms with Gasteiger partial charge in [-0.05, 0) is 42.3 Å². The van der Waals surface area contributed by atoms with Crippen LogP contribution in [0.3, 0.4) is 0 Å². The number of rotatable bonds is 5. The van der Waals surface area contributed by atoms with E-state index in [-0.39, 0.29) is 33.2 Å². The van der Waals surface area contributed by atoms with Crippen LogP contribution < -0.4 is 15.1 Å². The molecular weight excluding hydrogens is 468 g/mol. The molecule has 9 heteroatoms. The first kappa shape index (κ1) is 24.1. The molecule has 9 nitrogen and oxygen atoms in total. The summed E-state index contributed by atoms with van der Waals surface area (Å²) in [6.45, 7) is 5.21. The van der Waals surface area contributed by atoms with Crippen molar-refractivity contribution in [2.75, 3.05) is 14.2 Å². The highest BCUT2D eigenvalue weighted by Gasteiger charge is 2.46. The van der Waals surface area contributed by atoms with Crippen molar-refractivity contribution < 1.29 is 39.1 Å². The zero-order chi connectivity index (χ0) is 25.9. The largest absolute Gasteiger partial charge is 0.507 e. The molecule has 1 aliphatic heterocycles. The molecule has 0 spiro atoms. The van der Waals surface area contributed by atoms with E-state index in [0.717, 1.165) is 0 Å². The van der Waals surface area contributed by atoms with E-state index in [2.05, 4.69) is 6.58 Å². The molecule has 0 unspecified atom stereocenters. The molecular formula is C27H26O9. The molecule has 1 aliphatic rings. The molecule has 188 valence electrons. The molecule has 0 saturated carbocycles. The van der Waals surface area contributed by atoms with Crippen LogP contribution in [0.1, 0.15) is 24.2 Å². The Bertz CT molecular complexity index is 1570. The highest BCUT2D eigenvalue weighted by molar-refractivity contribution is 6.19. The summed E-state index contributed by atoms with van der Waals surface area (Å²) in [4.78, 5) is 13.2. The van der Waals surface area contributed by atoms with Crippen molar-refractivity contribution in [1.29, 1.82) is 0 Å². The maximum absolute atomic E-state index is 13.2. The molecule has 0 radical (unpaired) electrons. The van der Waals surface area contributed by atoms with Crippen LogP contribution in [0.4, 0.5) is 0 Å². The summed E-state index contributed by atoms with van der Waals surface area (Å²) in [5.74, 6) is 0.538. The Hall–Kier alpha value is -3.63. The fraction of sp³-hybridized carbons (Fsp3) is 0.296. The third-order valence-electron chi connectivity index (χ3n) is 6.78. The molecule has 4 aromatic rings. The number of hydrogen-bond donors (Lipinski definition) is 4. The summed E-state index contributed by atoms with van der Waals surface area (Å²) in [5, 5.41) is 43.8. The summed E-state index contributed by atoms with van der Waals surface area (Å²) in [6.07, 6.45) is -4.36. The summed E-state index contributed by atoms with van der Waals surface area (Å²) in [5.41, 5.74) is 0.475. The molecule has 1 fully saturated rings. The molecule has 0 aliphatic carbocycles.